The number of hydrogen-bond acceptors (Lipinski definition) is 5. The lowest BCUT2D eigenvalue weighted by molar-refractivity contribution is 0.779. The molecular formula is C14H17N7. The Labute approximate surface area is 121 Å². The van der Waals surface area contributed by atoms with E-state index in [1.165, 1.54) is 0 Å². The molecule has 4 rings (SSSR count). The highest BCUT2D eigenvalue weighted by molar-refractivity contribution is 5.67. The van der Waals surface area contributed by atoms with E-state index in [4.69, 9.17) is 0 Å². The van der Waals surface area contributed by atoms with Crippen molar-refractivity contribution < 1.29 is 0 Å². The smallest absolute Gasteiger partial charge is 0.243 e. The van der Waals surface area contributed by atoms with E-state index in [1.807, 2.05) is 29.2 Å². The summed E-state index contributed by atoms with van der Waals surface area (Å²) in [4.78, 5) is 4.55. The van der Waals surface area contributed by atoms with Crippen molar-refractivity contribution >= 4 is 11.6 Å². The molecule has 0 spiro atoms. The Morgan fingerprint density at radius 3 is 3.14 bits per heavy atom. The third-order valence-corrected chi connectivity index (χ3v) is 3.88. The molecule has 0 aromatic carbocycles. The third kappa shape index (κ3) is 2.25. The molecule has 1 aliphatic rings. The zero-order valence-electron chi connectivity index (χ0n) is 11.8. The van der Waals surface area contributed by atoms with Gasteiger partial charge in [-0.1, -0.05) is 0 Å². The van der Waals surface area contributed by atoms with Crippen LogP contribution in [0.3, 0.4) is 0 Å². The van der Waals surface area contributed by atoms with E-state index in [2.05, 4.69) is 37.8 Å². The van der Waals surface area contributed by atoms with Crippen molar-refractivity contribution in [2.75, 3.05) is 18.4 Å². The van der Waals surface area contributed by atoms with Gasteiger partial charge < -0.3 is 10.6 Å². The summed E-state index contributed by atoms with van der Waals surface area (Å²) in [5, 5.41) is 18.1. The van der Waals surface area contributed by atoms with E-state index < -0.39 is 0 Å². The summed E-state index contributed by atoms with van der Waals surface area (Å²) < 4.78 is 1.82. The third-order valence-electron chi connectivity index (χ3n) is 3.88. The van der Waals surface area contributed by atoms with Gasteiger partial charge in [-0.25, -0.2) is 4.52 Å². The highest BCUT2D eigenvalue weighted by atomic mass is 15.4. The van der Waals surface area contributed by atoms with Gasteiger partial charge in [0.15, 0.2) is 5.65 Å². The van der Waals surface area contributed by atoms with Crippen molar-refractivity contribution in [3.63, 3.8) is 0 Å². The Morgan fingerprint density at radius 1 is 1.43 bits per heavy atom. The minimum atomic E-state index is 0.414. The van der Waals surface area contributed by atoms with E-state index in [-0.39, 0.29) is 0 Å². The normalized spacial score (nSPS) is 18.4. The highest BCUT2D eigenvalue weighted by Gasteiger charge is 2.16. The molecule has 0 bridgehead atoms. The predicted molar refractivity (Wildman–Crippen MR) is 80.2 cm³/mol. The number of pyridine rings is 1. The predicted octanol–water partition coefficient (Wildman–Crippen LogP) is 1.20. The van der Waals surface area contributed by atoms with E-state index in [0.717, 1.165) is 41.8 Å². The van der Waals surface area contributed by atoms with Gasteiger partial charge in [0.2, 0.25) is 5.95 Å². The topological polar surface area (TPSA) is 82.9 Å². The van der Waals surface area contributed by atoms with Crippen LogP contribution >= 0.6 is 0 Å². The van der Waals surface area contributed by atoms with E-state index in [1.54, 1.807) is 0 Å². The van der Waals surface area contributed by atoms with Gasteiger partial charge >= 0.3 is 0 Å². The Bertz CT molecular complexity index is 753. The van der Waals surface area contributed by atoms with Crippen LogP contribution in [0.15, 0.2) is 24.7 Å². The van der Waals surface area contributed by atoms with Crippen LogP contribution in [0.25, 0.3) is 16.8 Å². The molecule has 4 heterocycles. The van der Waals surface area contributed by atoms with Gasteiger partial charge in [-0.2, -0.15) is 10.1 Å². The van der Waals surface area contributed by atoms with Gasteiger partial charge in [0, 0.05) is 36.1 Å². The molecule has 0 saturated carbocycles. The molecule has 3 aromatic heterocycles. The average Bonchev–Trinajstić information content (AvgIpc) is 3.17. The first-order valence-electron chi connectivity index (χ1n) is 7.13. The summed E-state index contributed by atoms with van der Waals surface area (Å²) in [5.41, 5.74) is 4.17. The lowest BCUT2D eigenvalue weighted by Gasteiger charge is -2.07. The van der Waals surface area contributed by atoms with Crippen LogP contribution in [0.2, 0.25) is 0 Å². The van der Waals surface area contributed by atoms with Crippen molar-refractivity contribution in [3.05, 3.63) is 30.2 Å². The first-order valence-corrected chi connectivity index (χ1v) is 7.13. The SMILES string of the molecule is Cc1cc2nc(NC3CCNC3)nn2cc1-c1cn[nH]c1. The van der Waals surface area contributed by atoms with E-state index in [9.17, 15) is 0 Å². The van der Waals surface area contributed by atoms with Gasteiger partial charge in [-0.3, -0.25) is 5.10 Å². The van der Waals surface area contributed by atoms with Gasteiger partial charge in [0.25, 0.3) is 0 Å². The summed E-state index contributed by atoms with van der Waals surface area (Å²) in [5.74, 6) is 0.687. The Balaban J connectivity index is 1.70. The number of aromatic amines is 1. The Kier molecular flexibility index (Phi) is 2.85. The van der Waals surface area contributed by atoms with Gasteiger partial charge in [0.1, 0.15) is 0 Å². The monoisotopic (exact) mass is 283 g/mol. The largest absolute Gasteiger partial charge is 0.349 e. The van der Waals surface area contributed by atoms with E-state index >= 15 is 0 Å². The number of anilines is 1. The van der Waals surface area contributed by atoms with Crippen LogP contribution in [0.1, 0.15) is 12.0 Å². The summed E-state index contributed by atoms with van der Waals surface area (Å²) in [6.45, 7) is 4.09. The number of aromatic nitrogens is 5. The van der Waals surface area contributed by atoms with Gasteiger partial charge in [-0.15, -0.1) is 5.10 Å². The molecule has 0 aliphatic carbocycles. The number of rotatable bonds is 3. The minimum Gasteiger partial charge on any atom is -0.349 e. The lowest BCUT2D eigenvalue weighted by Crippen LogP contribution is -2.22. The maximum atomic E-state index is 4.55. The molecule has 1 atom stereocenters. The number of hydrogen-bond donors (Lipinski definition) is 3. The summed E-state index contributed by atoms with van der Waals surface area (Å²) in [7, 11) is 0. The molecule has 7 heteroatoms. The molecular weight excluding hydrogens is 266 g/mol. The number of fused-ring (bicyclic) bond motifs is 1. The number of nitrogens with zero attached hydrogens (tertiary/aromatic N) is 4. The zero-order chi connectivity index (χ0) is 14.2. The molecule has 108 valence electrons. The zero-order valence-corrected chi connectivity index (χ0v) is 11.8. The molecule has 1 unspecified atom stereocenters. The second kappa shape index (κ2) is 4.85. The number of H-pyrrole nitrogens is 1. The number of aryl methyl sites for hydroxylation is 1. The van der Waals surface area contributed by atoms with Crippen LogP contribution in [-0.2, 0) is 0 Å². The van der Waals surface area contributed by atoms with Crippen LogP contribution in [0, 0.1) is 6.92 Å². The maximum absolute atomic E-state index is 4.55. The second-order valence-corrected chi connectivity index (χ2v) is 5.43. The molecule has 1 aliphatic heterocycles. The van der Waals surface area contributed by atoms with Crippen molar-refractivity contribution in [2.24, 2.45) is 0 Å². The Hall–Kier alpha value is -2.41. The van der Waals surface area contributed by atoms with Gasteiger partial charge in [-0.05, 0) is 31.5 Å². The lowest BCUT2D eigenvalue weighted by atomic mass is 10.1. The van der Waals surface area contributed by atoms with Crippen molar-refractivity contribution in [3.8, 4) is 11.1 Å². The highest BCUT2D eigenvalue weighted by Crippen LogP contribution is 2.23. The molecule has 3 aromatic rings. The van der Waals surface area contributed by atoms with Crippen molar-refractivity contribution in [1.82, 2.24) is 30.1 Å². The molecule has 0 amide bonds. The maximum Gasteiger partial charge on any atom is 0.243 e. The van der Waals surface area contributed by atoms with Gasteiger partial charge in [0.05, 0.1) is 6.20 Å². The summed E-state index contributed by atoms with van der Waals surface area (Å²) in [6, 6.07) is 2.46. The molecule has 1 saturated heterocycles. The molecule has 0 radical (unpaired) electrons. The molecule has 1 fully saturated rings. The van der Waals surface area contributed by atoms with Crippen LogP contribution in [0.4, 0.5) is 5.95 Å². The quantitative estimate of drug-likeness (QED) is 0.673. The second-order valence-electron chi connectivity index (χ2n) is 5.43. The van der Waals surface area contributed by atoms with Crippen LogP contribution < -0.4 is 10.6 Å². The summed E-state index contributed by atoms with van der Waals surface area (Å²) in [6.07, 6.45) is 6.80. The standard InChI is InChI=1S/C14H17N7/c1-9-4-13-19-14(18-11-2-3-15-7-11)20-21(13)8-12(9)10-5-16-17-6-10/h4-6,8,11,15H,2-3,7H2,1H3,(H,16,17)(H,18,20). The fourth-order valence-corrected chi connectivity index (χ4v) is 2.75. The fourth-order valence-electron chi connectivity index (χ4n) is 2.75. The van der Waals surface area contributed by atoms with Crippen LogP contribution in [0.5, 0.6) is 0 Å². The minimum absolute atomic E-state index is 0.414. The molecule has 3 N–H and O–H groups in total. The Morgan fingerprint density at radius 2 is 2.38 bits per heavy atom. The number of nitrogens with one attached hydrogen (secondary N) is 3. The van der Waals surface area contributed by atoms with E-state index in [0.29, 0.717) is 12.0 Å². The van der Waals surface area contributed by atoms with Crippen LogP contribution in [-0.4, -0.2) is 43.9 Å². The average molecular weight is 283 g/mol. The van der Waals surface area contributed by atoms with Crippen molar-refractivity contribution in [2.45, 2.75) is 19.4 Å². The summed E-state index contributed by atoms with van der Waals surface area (Å²) >= 11 is 0. The first kappa shape index (κ1) is 12.3. The van der Waals surface area contributed by atoms with Crippen molar-refractivity contribution in [1.29, 1.82) is 0 Å². The molecule has 21 heavy (non-hydrogen) atoms. The molecule has 7 nitrogen and oxygen atoms in total. The first-order chi connectivity index (χ1) is 10.3. The fraction of sp³-hybridized carbons (Fsp3) is 0.357.